The molecule has 1 N–H and O–H groups in total. The average Bonchev–Trinajstić information content (AvgIpc) is 3.07. The van der Waals surface area contributed by atoms with Crippen molar-refractivity contribution in [2.75, 3.05) is 52.5 Å². The van der Waals surface area contributed by atoms with E-state index in [0.717, 1.165) is 44.8 Å². The van der Waals surface area contributed by atoms with Gasteiger partial charge in [-0.25, -0.2) is 0 Å². The average molecular weight is 403 g/mol. The first kappa shape index (κ1) is 20.6. The van der Waals surface area contributed by atoms with Crippen LogP contribution in [0.3, 0.4) is 0 Å². The molecule has 3 saturated heterocycles. The Labute approximate surface area is 173 Å². The summed E-state index contributed by atoms with van der Waals surface area (Å²) in [6, 6.07) is 8.29. The van der Waals surface area contributed by atoms with Crippen molar-refractivity contribution in [1.29, 1.82) is 0 Å². The van der Waals surface area contributed by atoms with Crippen LogP contribution in [0.15, 0.2) is 24.3 Å². The van der Waals surface area contributed by atoms with Gasteiger partial charge in [-0.3, -0.25) is 14.6 Å². The fourth-order valence-corrected chi connectivity index (χ4v) is 5.28. The Balaban J connectivity index is 1.32. The Bertz CT molecular complexity index is 683. The summed E-state index contributed by atoms with van der Waals surface area (Å²) in [5.41, 5.74) is 1.06. The van der Waals surface area contributed by atoms with Gasteiger partial charge in [0, 0.05) is 44.8 Å². The molecule has 3 heterocycles. The standard InChI is InChI=1S/C23H34N2O4/c26-22(27)21-17-25(18-23(21)7-12-28-13-8-23)16-19-5-4-6-20(15-19)29-14-11-24-9-2-1-3-10-24/h4-6,15,21H,1-3,7-14,16-18H2,(H,26,27). The molecule has 0 radical (unpaired) electrons. The van der Waals surface area contributed by atoms with Crippen LogP contribution in [0.5, 0.6) is 5.75 Å². The third-order valence-corrected chi connectivity index (χ3v) is 6.93. The number of carbonyl (C=O) groups is 1. The summed E-state index contributed by atoms with van der Waals surface area (Å²) < 4.78 is 11.5. The molecule has 3 fully saturated rings. The lowest BCUT2D eigenvalue weighted by atomic mass is 9.72. The van der Waals surface area contributed by atoms with Crippen molar-refractivity contribution in [2.45, 2.75) is 38.6 Å². The maximum Gasteiger partial charge on any atom is 0.308 e. The SMILES string of the molecule is O=C(O)C1CN(Cc2cccc(OCCN3CCCCC3)c2)CC12CCOCC2. The molecule has 6 heteroatoms. The number of hydrogen-bond donors (Lipinski definition) is 1. The Morgan fingerprint density at radius 2 is 1.97 bits per heavy atom. The van der Waals surface area contributed by atoms with Crippen molar-refractivity contribution in [3.63, 3.8) is 0 Å². The van der Waals surface area contributed by atoms with Crippen LogP contribution in [0.1, 0.15) is 37.7 Å². The van der Waals surface area contributed by atoms with Gasteiger partial charge in [0.15, 0.2) is 0 Å². The number of aliphatic carboxylic acids is 1. The number of benzene rings is 1. The molecule has 29 heavy (non-hydrogen) atoms. The summed E-state index contributed by atoms with van der Waals surface area (Å²) >= 11 is 0. The van der Waals surface area contributed by atoms with Crippen molar-refractivity contribution in [2.24, 2.45) is 11.3 Å². The molecule has 1 unspecified atom stereocenters. The molecule has 1 aromatic carbocycles. The van der Waals surface area contributed by atoms with Gasteiger partial charge < -0.3 is 14.6 Å². The minimum atomic E-state index is -0.663. The topological polar surface area (TPSA) is 62.2 Å². The van der Waals surface area contributed by atoms with E-state index in [4.69, 9.17) is 9.47 Å². The van der Waals surface area contributed by atoms with E-state index in [2.05, 4.69) is 21.9 Å². The van der Waals surface area contributed by atoms with E-state index in [1.54, 1.807) is 0 Å². The van der Waals surface area contributed by atoms with Gasteiger partial charge in [0.2, 0.25) is 0 Å². The summed E-state index contributed by atoms with van der Waals surface area (Å²) in [7, 11) is 0. The van der Waals surface area contributed by atoms with Gasteiger partial charge in [-0.15, -0.1) is 0 Å². The molecule has 160 valence electrons. The van der Waals surface area contributed by atoms with Crippen molar-refractivity contribution in [3.05, 3.63) is 29.8 Å². The summed E-state index contributed by atoms with van der Waals surface area (Å²) in [6.45, 7) is 7.68. The lowest BCUT2D eigenvalue weighted by Crippen LogP contribution is -2.40. The van der Waals surface area contributed by atoms with Gasteiger partial charge >= 0.3 is 5.97 Å². The molecule has 1 atom stereocenters. The molecule has 6 nitrogen and oxygen atoms in total. The first-order valence-corrected chi connectivity index (χ1v) is 11.1. The summed E-state index contributed by atoms with van der Waals surface area (Å²) in [6.07, 6.45) is 5.65. The number of rotatable bonds is 7. The van der Waals surface area contributed by atoms with Crippen LogP contribution in [0, 0.1) is 11.3 Å². The Kier molecular flexibility index (Phi) is 6.73. The van der Waals surface area contributed by atoms with Gasteiger partial charge in [-0.05, 0) is 56.5 Å². The quantitative estimate of drug-likeness (QED) is 0.757. The Hall–Kier alpha value is -1.63. The highest BCUT2D eigenvalue weighted by Gasteiger charge is 2.50. The van der Waals surface area contributed by atoms with Crippen molar-refractivity contribution in [3.8, 4) is 5.75 Å². The zero-order chi connectivity index (χ0) is 20.1. The molecule has 1 aromatic rings. The number of hydrogen-bond acceptors (Lipinski definition) is 5. The number of ether oxygens (including phenoxy) is 2. The molecule has 3 aliphatic rings. The van der Waals surface area contributed by atoms with E-state index in [0.29, 0.717) is 19.8 Å². The third kappa shape index (κ3) is 5.11. The first-order chi connectivity index (χ1) is 14.1. The highest BCUT2D eigenvalue weighted by Crippen LogP contribution is 2.44. The van der Waals surface area contributed by atoms with Gasteiger partial charge in [0.25, 0.3) is 0 Å². The van der Waals surface area contributed by atoms with E-state index in [1.165, 1.54) is 37.9 Å². The van der Waals surface area contributed by atoms with Crippen molar-refractivity contribution < 1.29 is 19.4 Å². The van der Waals surface area contributed by atoms with Crippen LogP contribution < -0.4 is 4.74 Å². The van der Waals surface area contributed by atoms with Crippen molar-refractivity contribution in [1.82, 2.24) is 9.80 Å². The zero-order valence-corrected chi connectivity index (χ0v) is 17.4. The van der Waals surface area contributed by atoms with Crippen molar-refractivity contribution >= 4 is 5.97 Å². The maximum atomic E-state index is 11.9. The molecule has 0 aliphatic carbocycles. The van der Waals surface area contributed by atoms with Gasteiger partial charge in [0.05, 0.1) is 5.92 Å². The third-order valence-electron chi connectivity index (χ3n) is 6.93. The van der Waals surface area contributed by atoms with Crippen LogP contribution in [0.4, 0.5) is 0 Å². The second-order valence-corrected chi connectivity index (χ2v) is 8.93. The fourth-order valence-electron chi connectivity index (χ4n) is 5.28. The maximum absolute atomic E-state index is 11.9. The molecule has 4 rings (SSSR count). The number of carboxylic acid groups (broad SMARTS) is 1. The minimum Gasteiger partial charge on any atom is -0.492 e. The lowest BCUT2D eigenvalue weighted by Gasteiger charge is -2.36. The van der Waals surface area contributed by atoms with E-state index in [9.17, 15) is 9.90 Å². The molecule has 0 bridgehead atoms. The smallest absolute Gasteiger partial charge is 0.308 e. The summed E-state index contributed by atoms with van der Waals surface area (Å²) in [5.74, 6) is -0.0474. The Morgan fingerprint density at radius 1 is 1.17 bits per heavy atom. The largest absolute Gasteiger partial charge is 0.492 e. The van der Waals surface area contributed by atoms with E-state index in [-0.39, 0.29) is 11.3 Å². The molecule has 3 aliphatic heterocycles. The molecule has 0 amide bonds. The van der Waals surface area contributed by atoms with E-state index < -0.39 is 5.97 Å². The van der Waals surface area contributed by atoms with Crippen LogP contribution in [0.2, 0.25) is 0 Å². The molecule has 0 saturated carbocycles. The second kappa shape index (κ2) is 9.45. The van der Waals surface area contributed by atoms with Crippen LogP contribution in [-0.4, -0.2) is 73.4 Å². The number of piperidine rings is 1. The van der Waals surface area contributed by atoms with Crippen LogP contribution >= 0.6 is 0 Å². The number of carboxylic acids is 1. The van der Waals surface area contributed by atoms with Gasteiger partial charge in [0.1, 0.15) is 12.4 Å². The Morgan fingerprint density at radius 3 is 2.72 bits per heavy atom. The first-order valence-electron chi connectivity index (χ1n) is 11.1. The second-order valence-electron chi connectivity index (χ2n) is 8.93. The van der Waals surface area contributed by atoms with Crippen LogP contribution in [0.25, 0.3) is 0 Å². The molecular formula is C23H34N2O4. The summed E-state index contributed by atoms with van der Waals surface area (Å²) in [5, 5.41) is 9.77. The minimum absolute atomic E-state index is 0.132. The van der Waals surface area contributed by atoms with E-state index >= 15 is 0 Å². The normalized spacial score (nSPS) is 25.3. The fraction of sp³-hybridized carbons (Fsp3) is 0.696. The van der Waals surface area contributed by atoms with Gasteiger partial charge in [-0.2, -0.15) is 0 Å². The highest BCUT2D eigenvalue weighted by molar-refractivity contribution is 5.72. The highest BCUT2D eigenvalue weighted by atomic mass is 16.5. The predicted octanol–water partition coefficient (Wildman–Crippen LogP) is 2.86. The zero-order valence-electron chi connectivity index (χ0n) is 17.4. The molecular weight excluding hydrogens is 368 g/mol. The number of likely N-dealkylation sites (tertiary alicyclic amines) is 2. The van der Waals surface area contributed by atoms with Crippen LogP contribution in [-0.2, 0) is 16.1 Å². The molecule has 1 spiro atoms. The monoisotopic (exact) mass is 402 g/mol. The predicted molar refractivity (Wildman–Crippen MR) is 111 cm³/mol. The molecule has 0 aromatic heterocycles. The lowest BCUT2D eigenvalue weighted by molar-refractivity contribution is -0.147. The van der Waals surface area contributed by atoms with Gasteiger partial charge in [-0.1, -0.05) is 18.6 Å². The van der Waals surface area contributed by atoms with E-state index in [1.807, 2.05) is 12.1 Å². The summed E-state index contributed by atoms with van der Waals surface area (Å²) in [4.78, 5) is 16.7. The number of nitrogens with zero attached hydrogens (tertiary/aromatic N) is 2.